The minimum absolute atomic E-state index is 0.0697. The maximum Gasteiger partial charge on any atom is 0.306 e. The first-order chi connectivity index (χ1) is 38.5. The molecule has 0 rings (SSSR count). The van der Waals surface area contributed by atoms with Crippen LogP contribution in [0.4, 0.5) is 0 Å². The Bertz CT molecular complexity index is 1350. The van der Waals surface area contributed by atoms with Crippen molar-refractivity contribution in [3.63, 3.8) is 0 Å². The van der Waals surface area contributed by atoms with Crippen LogP contribution in [0.3, 0.4) is 0 Å². The van der Waals surface area contributed by atoms with Gasteiger partial charge in [-0.2, -0.15) is 0 Å². The van der Waals surface area contributed by atoms with Crippen LogP contribution in [0.5, 0.6) is 0 Å². The second-order valence-corrected chi connectivity index (χ2v) is 23.4. The summed E-state index contributed by atoms with van der Waals surface area (Å²) >= 11 is 0. The van der Waals surface area contributed by atoms with Crippen LogP contribution in [0.2, 0.25) is 0 Å². The van der Waals surface area contributed by atoms with E-state index in [0.717, 1.165) is 70.6 Å². The summed E-state index contributed by atoms with van der Waals surface area (Å²) in [5.74, 6) is -0.852. The van der Waals surface area contributed by atoms with Crippen LogP contribution < -0.4 is 0 Å². The van der Waals surface area contributed by atoms with Gasteiger partial charge in [0, 0.05) is 19.3 Å². The maximum absolute atomic E-state index is 12.9. The van der Waals surface area contributed by atoms with Crippen molar-refractivity contribution in [2.45, 2.75) is 380 Å². The van der Waals surface area contributed by atoms with Gasteiger partial charge in [0.25, 0.3) is 0 Å². The Morgan fingerprint density at radius 3 is 0.731 bits per heavy atom. The van der Waals surface area contributed by atoms with Gasteiger partial charge in [0.05, 0.1) is 0 Å². The Labute approximate surface area is 486 Å². The van der Waals surface area contributed by atoms with E-state index in [2.05, 4.69) is 69.4 Å². The second-order valence-electron chi connectivity index (χ2n) is 23.4. The van der Waals surface area contributed by atoms with E-state index in [1.54, 1.807) is 0 Å². The summed E-state index contributed by atoms with van der Waals surface area (Å²) in [6.07, 6.45) is 84.3. The highest BCUT2D eigenvalue weighted by molar-refractivity contribution is 5.71. The molecule has 1 unspecified atom stereocenters. The van der Waals surface area contributed by atoms with Gasteiger partial charge in [-0.3, -0.25) is 14.4 Å². The van der Waals surface area contributed by atoms with Crippen molar-refractivity contribution < 1.29 is 28.6 Å². The summed E-state index contributed by atoms with van der Waals surface area (Å²) in [7, 11) is 0. The molecule has 0 aromatic rings. The van der Waals surface area contributed by atoms with E-state index in [9.17, 15) is 14.4 Å². The van der Waals surface area contributed by atoms with E-state index in [4.69, 9.17) is 14.2 Å². The van der Waals surface area contributed by atoms with Crippen molar-refractivity contribution >= 4 is 17.9 Å². The van der Waals surface area contributed by atoms with Gasteiger partial charge in [-0.25, -0.2) is 0 Å². The molecule has 0 spiro atoms. The Hall–Kier alpha value is -2.63. The summed E-state index contributed by atoms with van der Waals surface area (Å²) in [4.78, 5) is 38.3. The van der Waals surface area contributed by atoms with Crippen LogP contribution in [-0.2, 0) is 28.6 Å². The molecule has 0 bridgehead atoms. The molecule has 6 heteroatoms. The molecule has 0 aliphatic rings. The van der Waals surface area contributed by atoms with Crippen LogP contribution in [0.25, 0.3) is 0 Å². The fraction of sp³-hybridized carbons (Fsp3) is 0.847. The van der Waals surface area contributed by atoms with Crippen LogP contribution in [0, 0.1) is 0 Å². The predicted molar refractivity (Wildman–Crippen MR) is 339 cm³/mol. The molecule has 0 amide bonds. The number of esters is 3. The molecule has 0 heterocycles. The van der Waals surface area contributed by atoms with E-state index in [1.165, 1.54) is 263 Å². The van der Waals surface area contributed by atoms with Gasteiger partial charge >= 0.3 is 17.9 Å². The van der Waals surface area contributed by atoms with Gasteiger partial charge in [-0.1, -0.05) is 320 Å². The highest BCUT2D eigenvalue weighted by atomic mass is 16.6. The number of hydrogen-bond acceptors (Lipinski definition) is 6. The number of carbonyl (C=O) groups excluding carboxylic acids is 3. The van der Waals surface area contributed by atoms with Crippen molar-refractivity contribution in [1.29, 1.82) is 0 Å². The lowest BCUT2D eigenvalue weighted by atomic mass is 10.0. The van der Waals surface area contributed by atoms with Gasteiger partial charge in [-0.05, 0) is 83.5 Å². The van der Waals surface area contributed by atoms with E-state index in [0.29, 0.717) is 19.3 Å². The zero-order valence-electron chi connectivity index (χ0n) is 52.5. The summed E-state index contributed by atoms with van der Waals surface area (Å²) in [6, 6.07) is 0. The van der Waals surface area contributed by atoms with E-state index < -0.39 is 6.10 Å². The van der Waals surface area contributed by atoms with Crippen LogP contribution in [0.15, 0.2) is 48.6 Å². The number of carbonyl (C=O) groups is 3. The zero-order valence-corrected chi connectivity index (χ0v) is 52.5. The lowest BCUT2D eigenvalue weighted by molar-refractivity contribution is -0.167. The molecular formula is C72H132O6. The van der Waals surface area contributed by atoms with Crippen LogP contribution in [-0.4, -0.2) is 37.2 Å². The number of unbranched alkanes of at least 4 members (excludes halogenated alkanes) is 45. The fourth-order valence-electron chi connectivity index (χ4n) is 10.3. The molecule has 0 aliphatic heterocycles. The molecule has 0 aliphatic carbocycles. The molecule has 456 valence electrons. The molecule has 0 aromatic carbocycles. The minimum Gasteiger partial charge on any atom is -0.462 e. The molecular weight excluding hydrogens is 961 g/mol. The summed E-state index contributed by atoms with van der Waals surface area (Å²) in [5, 5.41) is 0. The van der Waals surface area contributed by atoms with Gasteiger partial charge in [0.1, 0.15) is 13.2 Å². The highest BCUT2D eigenvalue weighted by Gasteiger charge is 2.19. The molecule has 0 radical (unpaired) electrons. The van der Waals surface area contributed by atoms with Gasteiger partial charge in [0.2, 0.25) is 0 Å². The lowest BCUT2D eigenvalue weighted by Gasteiger charge is -2.18. The molecule has 0 aromatic heterocycles. The monoisotopic (exact) mass is 1090 g/mol. The third-order valence-corrected chi connectivity index (χ3v) is 15.6. The highest BCUT2D eigenvalue weighted by Crippen LogP contribution is 2.18. The fourth-order valence-corrected chi connectivity index (χ4v) is 10.3. The van der Waals surface area contributed by atoms with Crippen molar-refractivity contribution in [3.05, 3.63) is 48.6 Å². The number of ether oxygens (including phenoxy) is 3. The summed E-state index contributed by atoms with van der Waals surface area (Å²) < 4.78 is 16.9. The normalized spacial score (nSPS) is 12.3. The molecule has 0 saturated heterocycles. The van der Waals surface area contributed by atoms with Crippen molar-refractivity contribution in [2.24, 2.45) is 0 Å². The van der Waals surface area contributed by atoms with E-state index in [1.807, 2.05) is 0 Å². The number of hydrogen-bond donors (Lipinski definition) is 0. The lowest BCUT2D eigenvalue weighted by Crippen LogP contribution is -2.30. The SMILES string of the molecule is CCCCC/C=C\C/C=C\CCCCCCCCCCCC(=O)OC(COC(=O)CCCCCCCCCCCC)COC(=O)CCCCCCCCCCCCCCCCCCCCC/C=C\C/C=C\CCCCCCC. The molecule has 0 fully saturated rings. The summed E-state index contributed by atoms with van der Waals surface area (Å²) in [6.45, 7) is 6.64. The molecule has 0 saturated carbocycles. The smallest absolute Gasteiger partial charge is 0.306 e. The Balaban J connectivity index is 4.10. The standard InChI is InChI=1S/C72H132O6/c1-4-7-10-13-16-19-22-24-26-28-30-31-32-33-34-35-36-37-38-39-40-41-43-44-46-48-50-53-56-59-62-65-71(74)77-68-69(67-76-70(73)64-61-58-55-52-21-18-15-12-9-6-3)78-72(75)66-63-60-57-54-51-49-47-45-42-29-27-25-23-20-17-14-11-8-5-2/h17,20,22,24-25,27-28,30,69H,4-16,18-19,21,23,26,29,31-68H2,1-3H3/b20-17-,24-22-,27-25-,30-28-. The Morgan fingerprint density at radius 2 is 0.462 bits per heavy atom. The van der Waals surface area contributed by atoms with E-state index >= 15 is 0 Å². The first-order valence-corrected chi connectivity index (χ1v) is 34.6. The maximum atomic E-state index is 12.9. The third-order valence-electron chi connectivity index (χ3n) is 15.6. The number of rotatable bonds is 64. The summed E-state index contributed by atoms with van der Waals surface area (Å²) in [5.41, 5.74) is 0. The second kappa shape index (κ2) is 66.9. The van der Waals surface area contributed by atoms with Gasteiger partial charge < -0.3 is 14.2 Å². The van der Waals surface area contributed by atoms with Crippen molar-refractivity contribution in [3.8, 4) is 0 Å². The van der Waals surface area contributed by atoms with E-state index in [-0.39, 0.29) is 31.1 Å². The van der Waals surface area contributed by atoms with Gasteiger partial charge in [0.15, 0.2) is 6.10 Å². The Morgan fingerprint density at radius 1 is 0.256 bits per heavy atom. The van der Waals surface area contributed by atoms with Crippen molar-refractivity contribution in [1.82, 2.24) is 0 Å². The minimum atomic E-state index is -0.772. The third kappa shape index (κ3) is 64.2. The largest absolute Gasteiger partial charge is 0.462 e. The van der Waals surface area contributed by atoms with Crippen LogP contribution in [0.1, 0.15) is 374 Å². The average molecular weight is 1090 g/mol. The first kappa shape index (κ1) is 75.4. The number of allylic oxidation sites excluding steroid dienone is 8. The zero-order chi connectivity index (χ0) is 56.4. The molecule has 0 N–H and O–H groups in total. The van der Waals surface area contributed by atoms with Crippen molar-refractivity contribution in [2.75, 3.05) is 13.2 Å². The predicted octanol–water partition coefficient (Wildman–Crippen LogP) is 23.7. The quantitative estimate of drug-likeness (QED) is 0.0261. The Kier molecular flexibility index (Phi) is 64.6. The topological polar surface area (TPSA) is 78.9 Å². The first-order valence-electron chi connectivity index (χ1n) is 34.6. The van der Waals surface area contributed by atoms with Gasteiger partial charge in [-0.15, -0.1) is 0 Å². The molecule has 1 atom stereocenters. The molecule has 6 nitrogen and oxygen atoms in total. The average Bonchev–Trinajstić information content (AvgIpc) is 3.44. The molecule has 78 heavy (non-hydrogen) atoms. The van der Waals surface area contributed by atoms with Crippen LogP contribution >= 0.6 is 0 Å².